The van der Waals surface area contributed by atoms with Crippen molar-refractivity contribution in [1.82, 2.24) is 0 Å². The van der Waals surface area contributed by atoms with Crippen LogP contribution in [-0.2, 0) is 0 Å². The fourth-order valence-electron chi connectivity index (χ4n) is 1.13. The third-order valence-electron chi connectivity index (χ3n) is 1.99. The third-order valence-corrected chi connectivity index (χ3v) is 6.42. The molecule has 76 valence electrons. The lowest BCUT2D eigenvalue weighted by Crippen LogP contribution is -2.05. The van der Waals surface area contributed by atoms with Crippen LogP contribution in [0.2, 0.25) is 0 Å². The van der Waals surface area contributed by atoms with E-state index in [2.05, 4.69) is 49.3 Å². The molecule has 0 aliphatic rings. The minimum atomic E-state index is -0.437. The minimum Gasteiger partial charge on any atom is -0.336 e. The fraction of sp³-hybridized carbons (Fsp3) is 0. The maximum Gasteiger partial charge on any atom is 0.538 e. The van der Waals surface area contributed by atoms with E-state index in [1.807, 2.05) is 24.3 Å². The SMILES string of the molecule is [Br][Mg][c]1ccccc1.[Cl][Mg][c]1ccccc1. The first-order chi connectivity index (χ1) is 7.86. The number of hydrogen-bond donors (Lipinski definition) is 0. The van der Waals surface area contributed by atoms with Crippen molar-refractivity contribution in [2.75, 3.05) is 0 Å². The van der Waals surface area contributed by atoms with Gasteiger partial charge in [0, 0.05) is 0 Å². The molecule has 0 saturated heterocycles. The van der Waals surface area contributed by atoms with Crippen LogP contribution in [0.5, 0.6) is 0 Å². The number of hydrogen-bond acceptors (Lipinski definition) is 0. The van der Waals surface area contributed by atoms with Crippen LogP contribution < -0.4 is 7.39 Å². The molecule has 0 radical (unpaired) electrons. The number of benzene rings is 2. The predicted molar refractivity (Wildman–Crippen MR) is 78.4 cm³/mol. The molecule has 0 N–H and O–H groups in total. The van der Waals surface area contributed by atoms with Crippen molar-refractivity contribution in [3.63, 3.8) is 0 Å². The van der Waals surface area contributed by atoms with E-state index in [-0.39, 0.29) is 18.2 Å². The van der Waals surface area contributed by atoms with Crippen LogP contribution in [0, 0.1) is 0 Å². The Bertz CT molecular complexity index is 341. The van der Waals surface area contributed by atoms with E-state index in [0.717, 1.165) is 0 Å². The highest BCUT2D eigenvalue weighted by Crippen LogP contribution is 1.83. The van der Waals surface area contributed by atoms with Crippen molar-refractivity contribution in [1.29, 1.82) is 0 Å². The first kappa shape index (κ1) is 14.8. The van der Waals surface area contributed by atoms with Crippen molar-refractivity contribution in [3.8, 4) is 0 Å². The molecule has 0 heterocycles. The van der Waals surface area contributed by atoms with Crippen molar-refractivity contribution in [3.05, 3.63) is 60.7 Å². The van der Waals surface area contributed by atoms with E-state index < -0.39 is 19.3 Å². The summed E-state index contributed by atoms with van der Waals surface area (Å²) in [6, 6.07) is 20.7. The molecule has 0 aliphatic carbocycles. The average Bonchev–Trinajstić information content (AvgIpc) is 2.41. The molecule has 2 aromatic carbocycles. The smallest absolute Gasteiger partial charge is 0.336 e. The van der Waals surface area contributed by atoms with Gasteiger partial charge < -0.3 is 9.07 Å². The molecule has 0 amide bonds. The van der Waals surface area contributed by atoms with Gasteiger partial charge in [-0.05, 0) is 0 Å². The lowest BCUT2D eigenvalue weighted by Gasteiger charge is -1.87. The maximum absolute atomic E-state index is 5.67. The molecule has 16 heavy (non-hydrogen) atoms. The maximum atomic E-state index is 5.67. The zero-order chi connectivity index (χ0) is 11.6. The minimum absolute atomic E-state index is 0.0962. The summed E-state index contributed by atoms with van der Waals surface area (Å²) in [5, 5.41) is 0. The lowest BCUT2D eigenvalue weighted by atomic mass is 10.4. The van der Waals surface area contributed by atoms with Crippen molar-refractivity contribution in [2.24, 2.45) is 0 Å². The van der Waals surface area contributed by atoms with Gasteiger partial charge in [0.1, 0.15) is 0 Å². The molecule has 0 aliphatic heterocycles. The summed E-state index contributed by atoms with van der Waals surface area (Å²) in [6.07, 6.45) is 0. The van der Waals surface area contributed by atoms with Gasteiger partial charge in [0.2, 0.25) is 0 Å². The highest BCUT2D eigenvalue weighted by molar-refractivity contribution is 9.23. The van der Waals surface area contributed by atoms with Crippen molar-refractivity contribution < 1.29 is 0 Å². The van der Waals surface area contributed by atoms with E-state index >= 15 is 0 Å². The second-order valence-electron chi connectivity index (χ2n) is 3.24. The van der Waals surface area contributed by atoms with Crippen LogP contribution in [0.4, 0.5) is 0 Å². The molecular weight excluding hydrogens is 308 g/mol. The molecule has 0 saturated carbocycles. The predicted octanol–water partition coefficient (Wildman–Crippen LogP) is 2.50. The van der Waals surface area contributed by atoms with Crippen LogP contribution in [0.25, 0.3) is 0 Å². The zero-order valence-electron chi connectivity index (χ0n) is 8.94. The molecule has 0 unspecified atom stereocenters. The number of halogens is 2. The Morgan fingerprint density at radius 3 is 1.44 bits per heavy atom. The quantitative estimate of drug-likeness (QED) is 0.747. The summed E-state index contributed by atoms with van der Waals surface area (Å²) in [5.74, 6) is 0. The summed E-state index contributed by atoms with van der Waals surface area (Å²) in [5.41, 5.74) is 0. The molecule has 4 heteroatoms. The van der Waals surface area contributed by atoms with Crippen molar-refractivity contribution >= 4 is 66.8 Å². The monoisotopic (exact) mass is 316 g/mol. The van der Waals surface area contributed by atoms with Crippen LogP contribution in [0.3, 0.4) is 0 Å². The second-order valence-corrected chi connectivity index (χ2v) is 7.89. The summed E-state index contributed by atoms with van der Waals surface area (Å²) >= 11 is 2.96. The summed E-state index contributed by atoms with van der Waals surface area (Å²) in [4.78, 5) is 0. The molecule has 0 bridgehead atoms. The molecule has 0 fully saturated rings. The Kier molecular flexibility index (Phi) is 9.01. The molecule has 2 rings (SSSR count). The van der Waals surface area contributed by atoms with Gasteiger partial charge in [-0.1, -0.05) is 60.7 Å². The van der Waals surface area contributed by atoms with Crippen molar-refractivity contribution in [2.45, 2.75) is 0 Å². The standard InChI is InChI=1S/2C6H5.BrH.ClH.2Mg/c2*1-2-4-6-5-3-1;;;;/h2*1-5H;2*1H;;/q;;;;2*+1/p-2. The first-order valence-electron chi connectivity index (χ1n) is 5.06. The van der Waals surface area contributed by atoms with Crippen LogP contribution in [-0.4, -0.2) is 37.5 Å². The van der Waals surface area contributed by atoms with E-state index in [4.69, 9.17) is 9.07 Å². The Balaban J connectivity index is 0.000000160. The van der Waals surface area contributed by atoms with Gasteiger partial charge >= 0.3 is 37.5 Å². The Morgan fingerprint density at radius 2 is 1.19 bits per heavy atom. The molecular formula is C12H10BrClMg2. The lowest BCUT2D eigenvalue weighted by molar-refractivity contribution is 1.77. The third kappa shape index (κ3) is 6.47. The van der Waals surface area contributed by atoms with E-state index in [9.17, 15) is 0 Å². The second kappa shape index (κ2) is 9.74. The summed E-state index contributed by atoms with van der Waals surface area (Å²) in [6.45, 7) is 0. The van der Waals surface area contributed by atoms with Crippen LogP contribution in [0.15, 0.2) is 60.7 Å². The van der Waals surface area contributed by atoms with E-state index in [1.54, 1.807) is 0 Å². The van der Waals surface area contributed by atoms with E-state index in [1.165, 1.54) is 7.39 Å². The molecule has 0 spiro atoms. The highest BCUT2D eigenvalue weighted by atomic mass is 79.9. The summed E-state index contributed by atoms with van der Waals surface area (Å²) < 4.78 is 2.78. The first-order valence-corrected chi connectivity index (χ1v) is 12.5. The van der Waals surface area contributed by atoms with Gasteiger partial charge in [0.15, 0.2) is 0 Å². The molecule has 0 nitrogen and oxygen atoms in total. The topological polar surface area (TPSA) is 0 Å². The van der Waals surface area contributed by atoms with E-state index in [0.29, 0.717) is 0 Å². The van der Waals surface area contributed by atoms with Crippen LogP contribution in [0.1, 0.15) is 0 Å². The van der Waals surface area contributed by atoms with Gasteiger partial charge in [0.25, 0.3) is 0 Å². The fourth-order valence-corrected chi connectivity index (χ4v) is 3.69. The van der Waals surface area contributed by atoms with Gasteiger partial charge in [-0.15, -0.1) is 3.69 Å². The molecule has 0 aromatic heterocycles. The Labute approximate surface area is 126 Å². The van der Waals surface area contributed by atoms with Gasteiger partial charge in [-0.3, -0.25) is 12.9 Å². The largest absolute Gasteiger partial charge is 0.538 e. The number of rotatable bonds is 2. The van der Waals surface area contributed by atoms with Gasteiger partial charge in [-0.2, -0.15) is 3.69 Å². The molecule has 2 aromatic rings. The highest BCUT2D eigenvalue weighted by Gasteiger charge is 1.89. The Hall–Kier alpha value is 0.742. The van der Waals surface area contributed by atoms with Gasteiger partial charge in [-0.25, -0.2) is 0 Å². The zero-order valence-corrected chi connectivity index (χ0v) is 14.1. The molecule has 0 atom stereocenters. The normalized spacial score (nSPS) is 8.12. The Morgan fingerprint density at radius 1 is 0.750 bits per heavy atom. The van der Waals surface area contributed by atoms with Gasteiger partial charge in [0.05, 0.1) is 0 Å². The van der Waals surface area contributed by atoms with Crippen LogP contribution >= 0.6 is 22.0 Å². The average molecular weight is 318 g/mol. The summed E-state index contributed by atoms with van der Waals surface area (Å²) in [7, 11) is 5.67.